The minimum Gasteiger partial charge on any atom is -0.481 e. The van der Waals surface area contributed by atoms with E-state index >= 15 is 0 Å². The fourth-order valence-corrected chi connectivity index (χ4v) is 0.745. The first kappa shape index (κ1) is 13.9. The van der Waals surface area contributed by atoms with Crippen LogP contribution in [0.4, 0.5) is 13.2 Å². The molecule has 0 fully saturated rings. The number of alkyl halides is 3. The molecule has 0 aliphatic heterocycles. The van der Waals surface area contributed by atoms with E-state index in [9.17, 15) is 22.8 Å². The molecule has 0 radical (unpaired) electrons. The van der Waals surface area contributed by atoms with Crippen LogP contribution in [-0.2, 0) is 14.3 Å². The molecule has 1 N–H and O–H groups in total. The van der Waals surface area contributed by atoms with Gasteiger partial charge in [0, 0.05) is 12.8 Å². The summed E-state index contributed by atoms with van der Waals surface area (Å²) in [6, 6.07) is 0. The lowest BCUT2D eigenvalue weighted by Crippen LogP contribution is -2.18. The van der Waals surface area contributed by atoms with Gasteiger partial charge in [0.15, 0.2) is 0 Å². The lowest BCUT2D eigenvalue weighted by Gasteiger charge is -2.06. The molecule has 0 saturated heterocycles. The van der Waals surface area contributed by atoms with Crippen LogP contribution < -0.4 is 0 Å². The second-order valence-corrected chi connectivity index (χ2v) is 2.85. The lowest BCUT2D eigenvalue weighted by molar-refractivity contribution is -0.174. The molecular formula is C8H11F3O4. The highest BCUT2D eigenvalue weighted by atomic mass is 19.4. The summed E-state index contributed by atoms with van der Waals surface area (Å²) >= 11 is 0. The Morgan fingerprint density at radius 1 is 1.13 bits per heavy atom. The van der Waals surface area contributed by atoms with E-state index < -0.39 is 24.5 Å². The third kappa shape index (κ3) is 10.8. The van der Waals surface area contributed by atoms with E-state index in [-0.39, 0.29) is 25.9 Å². The highest BCUT2D eigenvalue weighted by molar-refractivity contribution is 5.82. The summed E-state index contributed by atoms with van der Waals surface area (Å²) in [6.07, 6.45) is -5.07. The summed E-state index contributed by atoms with van der Waals surface area (Å²) in [5.74, 6) is -1.53. The van der Waals surface area contributed by atoms with Gasteiger partial charge in [-0.2, -0.15) is 13.2 Å². The van der Waals surface area contributed by atoms with E-state index in [1.165, 1.54) is 0 Å². The molecule has 0 saturated carbocycles. The third-order valence-corrected chi connectivity index (χ3v) is 1.41. The number of carbonyl (C=O) groups is 2. The van der Waals surface area contributed by atoms with Crippen LogP contribution in [0.25, 0.3) is 0 Å². The van der Waals surface area contributed by atoms with Crippen LogP contribution in [0.15, 0.2) is 0 Å². The van der Waals surface area contributed by atoms with Crippen LogP contribution in [0.1, 0.15) is 19.3 Å². The summed E-state index contributed by atoms with van der Waals surface area (Å²) in [5, 5.41) is 8.21. The number of Topliss-reactive ketones (excluding diaryl/α,β-unsaturated/α-hetero) is 1. The standard InChI is InChI=1S/C8H11F3O4/c9-8(10,11)5-15-4-3-6(12)1-2-7(13)14/h1-5H2,(H,13,14). The van der Waals surface area contributed by atoms with Crippen LogP contribution in [0.5, 0.6) is 0 Å². The number of aliphatic carboxylic acids is 1. The minimum atomic E-state index is -4.40. The Bertz CT molecular complexity index is 224. The molecule has 0 amide bonds. The Balaban J connectivity index is 3.44. The number of ketones is 1. The molecule has 0 unspecified atom stereocenters. The topological polar surface area (TPSA) is 63.6 Å². The molecule has 0 aliphatic rings. The number of halogens is 3. The smallest absolute Gasteiger partial charge is 0.411 e. The van der Waals surface area contributed by atoms with Crippen molar-refractivity contribution in [3.8, 4) is 0 Å². The molecule has 0 aromatic carbocycles. The van der Waals surface area contributed by atoms with Gasteiger partial charge >= 0.3 is 12.1 Å². The fourth-order valence-electron chi connectivity index (χ4n) is 0.745. The molecule has 0 aromatic rings. The van der Waals surface area contributed by atoms with Crippen molar-refractivity contribution in [2.45, 2.75) is 25.4 Å². The zero-order valence-corrected chi connectivity index (χ0v) is 7.84. The fraction of sp³-hybridized carbons (Fsp3) is 0.750. The van der Waals surface area contributed by atoms with Gasteiger partial charge in [0.25, 0.3) is 0 Å². The average molecular weight is 228 g/mol. The highest BCUT2D eigenvalue weighted by Gasteiger charge is 2.27. The summed E-state index contributed by atoms with van der Waals surface area (Å²) < 4.78 is 38.8. The predicted molar refractivity (Wildman–Crippen MR) is 43.4 cm³/mol. The van der Waals surface area contributed by atoms with Crippen LogP contribution >= 0.6 is 0 Å². The zero-order chi connectivity index (χ0) is 11.9. The minimum absolute atomic E-state index is 0.176. The predicted octanol–water partition coefficient (Wildman–Crippen LogP) is 1.39. The Labute approximate surface area is 84.0 Å². The van der Waals surface area contributed by atoms with E-state index in [0.717, 1.165) is 0 Å². The van der Waals surface area contributed by atoms with Gasteiger partial charge in [-0.25, -0.2) is 0 Å². The van der Waals surface area contributed by atoms with Gasteiger partial charge in [0.05, 0.1) is 13.0 Å². The summed E-state index contributed by atoms with van der Waals surface area (Å²) in [4.78, 5) is 20.9. The summed E-state index contributed by atoms with van der Waals surface area (Å²) in [7, 11) is 0. The molecule has 0 heterocycles. The molecule has 0 aliphatic carbocycles. The second kappa shape index (κ2) is 6.39. The highest BCUT2D eigenvalue weighted by Crippen LogP contribution is 2.14. The Hall–Kier alpha value is -1.11. The molecule has 0 spiro atoms. The molecule has 0 aromatic heterocycles. The number of carbonyl (C=O) groups excluding carboxylic acids is 1. The maximum absolute atomic E-state index is 11.5. The summed E-state index contributed by atoms with van der Waals surface area (Å²) in [6.45, 7) is -1.73. The van der Waals surface area contributed by atoms with Crippen molar-refractivity contribution in [1.82, 2.24) is 0 Å². The van der Waals surface area contributed by atoms with E-state index in [0.29, 0.717) is 0 Å². The molecule has 0 bridgehead atoms. The van der Waals surface area contributed by atoms with Gasteiger partial charge in [-0.15, -0.1) is 0 Å². The first-order chi connectivity index (χ1) is 6.81. The maximum atomic E-state index is 11.5. The quantitative estimate of drug-likeness (QED) is 0.669. The van der Waals surface area contributed by atoms with Gasteiger partial charge in [0.2, 0.25) is 0 Å². The zero-order valence-electron chi connectivity index (χ0n) is 7.84. The van der Waals surface area contributed by atoms with Crippen LogP contribution in [0, 0.1) is 0 Å². The number of carboxylic acid groups (broad SMARTS) is 1. The van der Waals surface area contributed by atoms with Crippen molar-refractivity contribution in [2.75, 3.05) is 13.2 Å². The molecule has 0 atom stereocenters. The van der Waals surface area contributed by atoms with Crippen molar-refractivity contribution in [2.24, 2.45) is 0 Å². The number of carboxylic acids is 1. The van der Waals surface area contributed by atoms with Crippen LogP contribution in [0.2, 0.25) is 0 Å². The van der Waals surface area contributed by atoms with Crippen LogP contribution in [-0.4, -0.2) is 36.2 Å². The van der Waals surface area contributed by atoms with Crippen LogP contribution in [0.3, 0.4) is 0 Å². The van der Waals surface area contributed by atoms with Gasteiger partial charge in [-0.05, 0) is 0 Å². The SMILES string of the molecule is O=C(O)CCC(=O)CCOCC(F)(F)F. The van der Waals surface area contributed by atoms with E-state index in [4.69, 9.17) is 5.11 Å². The lowest BCUT2D eigenvalue weighted by atomic mass is 10.2. The largest absolute Gasteiger partial charge is 0.481 e. The van der Waals surface area contributed by atoms with E-state index in [1.807, 2.05) is 0 Å². The van der Waals surface area contributed by atoms with Crippen molar-refractivity contribution in [1.29, 1.82) is 0 Å². The monoisotopic (exact) mass is 228 g/mol. The second-order valence-electron chi connectivity index (χ2n) is 2.85. The average Bonchev–Trinajstić information content (AvgIpc) is 2.07. The number of hydrogen-bond donors (Lipinski definition) is 1. The third-order valence-electron chi connectivity index (χ3n) is 1.41. The van der Waals surface area contributed by atoms with Gasteiger partial charge < -0.3 is 9.84 Å². The van der Waals surface area contributed by atoms with E-state index in [1.54, 1.807) is 0 Å². The normalized spacial score (nSPS) is 11.4. The van der Waals surface area contributed by atoms with Crippen molar-refractivity contribution in [3.05, 3.63) is 0 Å². The molecule has 88 valence electrons. The molecule has 15 heavy (non-hydrogen) atoms. The maximum Gasteiger partial charge on any atom is 0.411 e. The molecule has 7 heteroatoms. The first-order valence-electron chi connectivity index (χ1n) is 4.19. The molecule has 4 nitrogen and oxygen atoms in total. The Kier molecular flexibility index (Phi) is 5.92. The number of rotatable bonds is 7. The first-order valence-corrected chi connectivity index (χ1v) is 4.19. The Morgan fingerprint density at radius 3 is 2.20 bits per heavy atom. The summed E-state index contributed by atoms with van der Waals surface area (Å²) in [5.41, 5.74) is 0. The Morgan fingerprint density at radius 2 is 1.73 bits per heavy atom. The van der Waals surface area contributed by atoms with Crippen molar-refractivity contribution in [3.63, 3.8) is 0 Å². The van der Waals surface area contributed by atoms with E-state index in [2.05, 4.69) is 4.74 Å². The number of hydrogen-bond acceptors (Lipinski definition) is 3. The van der Waals surface area contributed by atoms with Gasteiger partial charge in [-0.1, -0.05) is 0 Å². The van der Waals surface area contributed by atoms with Gasteiger partial charge in [0.1, 0.15) is 12.4 Å². The number of ether oxygens (including phenoxy) is 1. The molecular weight excluding hydrogens is 217 g/mol. The van der Waals surface area contributed by atoms with Gasteiger partial charge in [-0.3, -0.25) is 9.59 Å². The van der Waals surface area contributed by atoms with Crippen molar-refractivity contribution >= 4 is 11.8 Å². The molecule has 0 rings (SSSR count). The van der Waals surface area contributed by atoms with Crippen molar-refractivity contribution < 1.29 is 32.6 Å².